The van der Waals surface area contributed by atoms with E-state index in [2.05, 4.69) is 63.8 Å². The van der Waals surface area contributed by atoms with Gasteiger partial charge in [-0.15, -0.1) is 11.3 Å². The molecule has 1 aromatic heterocycles. The molecule has 1 N–H and O–H groups in total. The predicted octanol–water partition coefficient (Wildman–Crippen LogP) is 2.96. The molecule has 162 valence electrons. The number of aryl methyl sites for hydroxylation is 1. The van der Waals surface area contributed by atoms with E-state index in [1.54, 1.807) is 11.3 Å². The van der Waals surface area contributed by atoms with Gasteiger partial charge in [0.05, 0.1) is 19.3 Å². The molecule has 7 heteroatoms. The van der Waals surface area contributed by atoms with Gasteiger partial charge in [-0.2, -0.15) is 0 Å². The summed E-state index contributed by atoms with van der Waals surface area (Å²) in [6.07, 6.45) is 0. The molecule has 30 heavy (non-hydrogen) atoms. The van der Waals surface area contributed by atoms with Gasteiger partial charge in [-0.3, -0.25) is 9.80 Å². The topological polar surface area (TPSA) is 48.0 Å². The fourth-order valence-electron chi connectivity index (χ4n) is 4.25. The highest BCUT2D eigenvalue weighted by Gasteiger charge is 2.26. The normalized spacial score (nSPS) is 19.6. The van der Waals surface area contributed by atoms with Crippen LogP contribution in [0.15, 0.2) is 41.8 Å². The standard InChI is InChI=1S/C23H32N4O2S/c1-19-4-2-5-20(16-19)18-25-7-9-27(10-8-25)23(28)24-17-21(22-6-3-15-30-22)26-11-13-29-14-12-26/h2-6,15-16,21H,7-14,17-18H2,1H3,(H,24,28)/t21-/m1/s1. The second-order valence-corrected chi connectivity index (χ2v) is 9.10. The lowest BCUT2D eigenvalue weighted by Crippen LogP contribution is -2.52. The lowest BCUT2D eigenvalue weighted by molar-refractivity contribution is 0.0170. The SMILES string of the molecule is Cc1cccc(CN2CCN(C(=O)NC[C@H](c3cccs3)N3CCOCC3)CC2)c1. The first-order chi connectivity index (χ1) is 14.7. The van der Waals surface area contributed by atoms with E-state index in [1.807, 2.05) is 4.90 Å². The number of rotatable bonds is 6. The average Bonchev–Trinajstić information content (AvgIpc) is 3.30. The van der Waals surface area contributed by atoms with Gasteiger partial charge in [0.1, 0.15) is 0 Å². The van der Waals surface area contributed by atoms with Gasteiger partial charge in [0, 0.05) is 57.2 Å². The Morgan fingerprint density at radius 2 is 1.90 bits per heavy atom. The minimum absolute atomic E-state index is 0.0556. The molecule has 1 aromatic carbocycles. The summed E-state index contributed by atoms with van der Waals surface area (Å²) in [5.41, 5.74) is 2.64. The number of piperazine rings is 1. The number of amides is 2. The van der Waals surface area contributed by atoms with E-state index in [0.29, 0.717) is 6.54 Å². The van der Waals surface area contributed by atoms with Crippen molar-refractivity contribution in [3.8, 4) is 0 Å². The molecule has 3 heterocycles. The number of ether oxygens (including phenoxy) is 1. The zero-order chi connectivity index (χ0) is 20.8. The molecule has 0 spiro atoms. The van der Waals surface area contributed by atoms with Crippen LogP contribution < -0.4 is 5.32 Å². The summed E-state index contributed by atoms with van der Waals surface area (Å²) in [7, 11) is 0. The summed E-state index contributed by atoms with van der Waals surface area (Å²) in [6, 6.07) is 13.2. The van der Waals surface area contributed by atoms with Crippen molar-refractivity contribution in [1.29, 1.82) is 0 Å². The lowest BCUT2D eigenvalue weighted by atomic mass is 10.1. The monoisotopic (exact) mass is 428 g/mol. The first-order valence-electron chi connectivity index (χ1n) is 10.8. The second kappa shape index (κ2) is 10.4. The van der Waals surface area contributed by atoms with Crippen molar-refractivity contribution in [1.82, 2.24) is 20.0 Å². The van der Waals surface area contributed by atoms with Crippen LogP contribution in [0.5, 0.6) is 0 Å². The molecular formula is C23H32N4O2S. The third-order valence-electron chi connectivity index (χ3n) is 5.95. The Morgan fingerprint density at radius 1 is 1.10 bits per heavy atom. The number of carbonyl (C=O) groups is 1. The number of nitrogens with one attached hydrogen (secondary N) is 1. The molecule has 2 aliphatic rings. The summed E-state index contributed by atoms with van der Waals surface area (Å²) >= 11 is 1.76. The largest absolute Gasteiger partial charge is 0.379 e. The number of thiophene rings is 1. The fraction of sp³-hybridized carbons (Fsp3) is 0.522. The average molecular weight is 429 g/mol. The maximum atomic E-state index is 12.8. The molecule has 2 aliphatic heterocycles. The van der Waals surface area contributed by atoms with Crippen LogP contribution in [-0.2, 0) is 11.3 Å². The van der Waals surface area contributed by atoms with Crippen LogP contribution in [0.25, 0.3) is 0 Å². The van der Waals surface area contributed by atoms with Gasteiger partial charge in [-0.05, 0) is 23.9 Å². The number of urea groups is 1. The van der Waals surface area contributed by atoms with Crippen LogP contribution in [0.4, 0.5) is 4.79 Å². The summed E-state index contributed by atoms with van der Waals surface area (Å²) < 4.78 is 5.51. The van der Waals surface area contributed by atoms with Crippen molar-refractivity contribution in [3.05, 3.63) is 57.8 Å². The van der Waals surface area contributed by atoms with Gasteiger partial charge in [0.15, 0.2) is 0 Å². The Morgan fingerprint density at radius 3 is 2.60 bits per heavy atom. The molecule has 0 unspecified atom stereocenters. The van der Waals surface area contributed by atoms with E-state index in [9.17, 15) is 4.79 Å². The number of hydrogen-bond donors (Lipinski definition) is 1. The Kier molecular flexibility index (Phi) is 7.38. The summed E-state index contributed by atoms with van der Waals surface area (Å²) in [6.45, 7) is 10.5. The highest BCUT2D eigenvalue weighted by atomic mass is 32.1. The Labute approximate surface area is 183 Å². The molecule has 2 aromatic rings. The zero-order valence-corrected chi connectivity index (χ0v) is 18.6. The number of nitrogens with zero attached hydrogens (tertiary/aromatic N) is 3. The highest BCUT2D eigenvalue weighted by Crippen LogP contribution is 2.25. The van der Waals surface area contributed by atoms with Crippen molar-refractivity contribution in [2.24, 2.45) is 0 Å². The molecule has 2 amide bonds. The molecule has 2 saturated heterocycles. The number of morpholine rings is 1. The van der Waals surface area contributed by atoms with E-state index < -0.39 is 0 Å². The molecule has 6 nitrogen and oxygen atoms in total. The first kappa shape index (κ1) is 21.3. The van der Waals surface area contributed by atoms with E-state index in [-0.39, 0.29) is 12.1 Å². The summed E-state index contributed by atoms with van der Waals surface area (Å²) in [4.78, 5) is 20.9. The molecule has 2 fully saturated rings. The number of carbonyl (C=O) groups excluding carboxylic acids is 1. The lowest BCUT2D eigenvalue weighted by Gasteiger charge is -2.36. The van der Waals surface area contributed by atoms with Crippen LogP contribution in [0.1, 0.15) is 22.0 Å². The minimum Gasteiger partial charge on any atom is -0.379 e. The second-order valence-electron chi connectivity index (χ2n) is 8.12. The highest BCUT2D eigenvalue weighted by molar-refractivity contribution is 7.10. The maximum Gasteiger partial charge on any atom is 0.317 e. The van der Waals surface area contributed by atoms with Gasteiger partial charge in [-0.1, -0.05) is 35.9 Å². The third-order valence-corrected chi connectivity index (χ3v) is 6.93. The van der Waals surface area contributed by atoms with Gasteiger partial charge in [0.25, 0.3) is 0 Å². The van der Waals surface area contributed by atoms with E-state index >= 15 is 0 Å². The Hall–Kier alpha value is -1.93. The molecule has 0 bridgehead atoms. The van der Waals surface area contributed by atoms with E-state index in [0.717, 1.165) is 59.0 Å². The van der Waals surface area contributed by atoms with Gasteiger partial charge >= 0.3 is 6.03 Å². The molecule has 0 saturated carbocycles. The zero-order valence-electron chi connectivity index (χ0n) is 17.8. The Balaban J connectivity index is 1.26. The van der Waals surface area contributed by atoms with Crippen molar-refractivity contribution < 1.29 is 9.53 Å². The van der Waals surface area contributed by atoms with Crippen LogP contribution in [0, 0.1) is 6.92 Å². The van der Waals surface area contributed by atoms with Gasteiger partial charge in [0.2, 0.25) is 0 Å². The molecular weight excluding hydrogens is 396 g/mol. The number of benzene rings is 1. The van der Waals surface area contributed by atoms with Crippen LogP contribution in [-0.4, -0.2) is 79.8 Å². The molecule has 0 aliphatic carbocycles. The predicted molar refractivity (Wildman–Crippen MR) is 121 cm³/mol. The van der Waals surface area contributed by atoms with Crippen LogP contribution >= 0.6 is 11.3 Å². The molecule has 1 atom stereocenters. The van der Waals surface area contributed by atoms with Crippen LogP contribution in [0.2, 0.25) is 0 Å². The first-order valence-corrected chi connectivity index (χ1v) is 11.7. The number of hydrogen-bond acceptors (Lipinski definition) is 5. The third kappa shape index (κ3) is 5.60. The van der Waals surface area contributed by atoms with Crippen molar-refractivity contribution in [3.63, 3.8) is 0 Å². The minimum atomic E-state index is 0.0556. The van der Waals surface area contributed by atoms with E-state index in [1.165, 1.54) is 16.0 Å². The van der Waals surface area contributed by atoms with Crippen molar-refractivity contribution >= 4 is 17.4 Å². The molecule has 4 rings (SSSR count). The van der Waals surface area contributed by atoms with Crippen molar-refractivity contribution in [2.45, 2.75) is 19.5 Å². The Bertz CT molecular complexity index is 799. The van der Waals surface area contributed by atoms with Crippen LogP contribution in [0.3, 0.4) is 0 Å². The van der Waals surface area contributed by atoms with Gasteiger partial charge in [-0.25, -0.2) is 4.79 Å². The molecule has 0 radical (unpaired) electrons. The summed E-state index contributed by atoms with van der Waals surface area (Å²) in [5, 5.41) is 5.31. The van der Waals surface area contributed by atoms with Crippen molar-refractivity contribution in [2.75, 3.05) is 59.0 Å². The van der Waals surface area contributed by atoms with E-state index in [4.69, 9.17) is 4.74 Å². The quantitative estimate of drug-likeness (QED) is 0.769. The maximum absolute atomic E-state index is 12.8. The summed E-state index contributed by atoms with van der Waals surface area (Å²) in [5.74, 6) is 0. The smallest absolute Gasteiger partial charge is 0.317 e. The fourth-order valence-corrected chi connectivity index (χ4v) is 5.11. The van der Waals surface area contributed by atoms with Gasteiger partial charge < -0.3 is 15.0 Å².